The fourth-order valence-electron chi connectivity index (χ4n) is 2.77. The maximum atomic E-state index is 13.6. The number of rotatable bonds is 7. The molecule has 0 radical (unpaired) electrons. The summed E-state index contributed by atoms with van der Waals surface area (Å²) < 4.78 is 13.6. The van der Waals surface area contributed by atoms with E-state index >= 15 is 0 Å². The first kappa shape index (κ1) is 17.4. The van der Waals surface area contributed by atoms with Crippen LogP contribution in [0.5, 0.6) is 0 Å². The van der Waals surface area contributed by atoms with Crippen LogP contribution in [0.3, 0.4) is 0 Å². The molecule has 4 nitrogen and oxygen atoms in total. The summed E-state index contributed by atoms with van der Waals surface area (Å²) in [7, 11) is 0. The van der Waals surface area contributed by atoms with Gasteiger partial charge in [0.15, 0.2) is 0 Å². The molecule has 124 valence electrons. The molecule has 0 bridgehead atoms. The molecule has 0 N–H and O–H groups in total. The summed E-state index contributed by atoms with van der Waals surface area (Å²) in [5, 5.41) is 1.64. The zero-order chi connectivity index (χ0) is 15.9. The molecule has 0 saturated carbocycles. The maximum Gasteiger partial charge on any atom is 0.266 e. The second kappa shape index (κ2) is 8.60. The third-order valence-electron chi connectivity index (χ3n) is 4.19. The molecule has 1 aliphatic rings. The topological polar surface area (TPSA) is 26.8 Å². The van der Waals surface area contributed by atoms with Crippen molar-refractivity contribution in [2.75, 3.05) is 52.4 Å². The Morgan fingerprint density at radius 3 is 2.45 bits per heavy atom. The van der Waals surface area contributed by atoms with Gasteiger partial charge in [0, 0.05) is 45.8 Å². The van der Waals surface area contributed by atoms with Gasteiger partial charge in [0.1, 0.15) is 10.7 Å². The van der Waals surface area contributed by atoms with E-state index in [2.05, 4.69) is 16.7 Å². The van der Waals surface area contributed by atoms with Gasteiger partial charge in [-0.05, 0) is 24.4 Å². The predicted octanol–water partition coefficient (Wildman–Crippen LogP) is 2.38. The fraction of sp³-hybridized carbons (Fsp3) is 0.688. The Morgan fingerprint density at radius 1 is 1.23 bits per heavy atom. The standard InChI is InChI=1S/C16H26FN3OS/c1-3-6-20(16(21)15-14(17)5-13-22-15)12-11-19-9-7-18(4-2)8-10-19/h5,13H,3-4,6-12H2,1-2H3. The van der Waals surface area contributed by atoms with Gasteiger partial charge in [0.2, 0.25) is 0 Å². The summed E-state index contributed by atoms with van der Waals surface area (Å²) >= 11 is 1.19. The summed E-state index contributed by atoms with van der Waals surface area (Å²) in [5.74, 6) is -0.561. The van der Waals surface area contributed by atoms with Gasteiger partial charge in [-0.25, -0.2) is 4.39 Å². The summed E-state index contributed by atoms with van der Waals surface area (Å²) in [6, 6.07) is 1.37. The van der Waals surface area contributed by atoms with Crippen molar-refractivity contribution < 1.29 is 9.18 Å². The maximum absolute atomic E-state index is 13.6. The minimum atomic E-state index is -0.396. The van der Waals surface area contributed by atoms with E-state index in [0.29, 0.717) is 13.1 Å². The van der Waals surface area contributed by atoms with Gasteiger partial charge in [-0.2, -0.15) is 0 Å². The first-order valence-corrected chi connectivity index (χ1v) is 9.00. The van der Waals surface area contributed by atoms with Crippen LogP contribution in [0.25, 0.3) is 0 Å². The second-order valence-electron chi connectivity index (χ2n) is 5.67. The molecular weight excluding hydrogens is 301 g/mol. The predicted molar refractivity (Wildman–Crippen MR) is 89.0 cm³/mol. The van der Waals surface area contributed by atoms with Gasteiger partial charge >= 0.3 is 0 Å². The summed E-state index contributed by atoms with van der Waals surface area (Å²) in [6.45, 7) is 11.9. The van der Waals surface area contributed by atoms with E-state index in [1.165, 1.54) is 17.4 Å². The lowest BCUT2D eigenvalue weighted by Gasteiger charge is -2.35. The van der Waals surface area contributed by atoms with Gasteiger partial charge < -0.3 is 9.80 Å². The zero-order valence-electron chi connectivity index (χ0n) is 13.6. The Kier molecular flexibility index (Phi) is 6.79. The average molecular weight is 327 g/mol. The highest BCUT2D eigenvalue weighted by Gasteiger charge is 2.22. The van der Waals surface area contributed by atoms with Crippen LogP contribution < -0.4 is 0 Å². The van der Waals surface area contributed by atoms with Crippen molar-refractivity contribution in [2.24, 2.45) is 0 Å². The van der Waals surface area contributed by atoms with Crippen LogP contribution in [0.4, 0.5) is 4.39 Å². The number of likely N-dealkylation sites (N-methyl/N-ethyl adjacent to an activating group) is 1. The smallest absolute Gasteiger partial charge is 0.266 e. The van der Waals surface area contributed by atoms with Gasteiger partial charge in [-0.1, -0.05) is 13.8 Å². The van der Waals surface area contributed by atoms with Crippen molar-refractivity contribution in [1.82, 2.24) is 14.7 Å². The molecule has 1 aliphatic heterocycles. The molecule has 1 aromatic rings. The van der Waals surface area contributed by atoms with Crippen molar-refractivity contribution in [2.45, 2.75) is 20.3 Å². The number of carbonyl (C=O) groups is 1. The SMILES string of the molecule is CCCN(CCN1CCN(CC)CC1)C(=O)c1sccc1F. The minimum absolute atomic E-state index is 0.165. The molecule has 0 atom stereocenters. The largest absolute Gasteiger partial charge is 0.337 e. The molecule has 0 unspecified atom stereocenters. The normalized spacial score (nSPS) is 16.9. The van der Waals surface area contributed by atoms with E-state index in [9.17, 15) is 9.18 Å². The highest BCUT2D eigenvalue weighted by Crippen LogP contribution is 2.17. The Hall–Kier alpha value is -0.980. The quantitative estimate of drug-likeness (QED) is 0.769. The number of amides is 1. The van der Waals surface area contributed by atoms with Crippen LogP contribution >= 0.6 is 11.3 Å². The minimum Gasteiger partial charge on any atom is -0.337 e. The average Bonchev–Trinajstić information content (AvgIpc) is 2.97. The molecule has 22 heavy (non-hydrogen) atoms. The van der Waals surface area contributed by atoms with Crippen molar-refractivity contribution in [3.8, 4) is 0 Å². The van der Waals surface area contributed by atoms with Crippen LogP contribution in [0.2, 0.25) is 0 Å². The monoisotopic (exact) mass is 327 g/mol. The van der Waals surface area contributed by atoms with Crippen LogP contribution in [0.1, 0.15) is 29.9 Å². The zero-order valence-corrected chi connectivity index (χ0v) is 14.4. The first-order valence-electron chi connectivity index (χ1n) is 8.12. The molecule has 1 saturated heterocycles. The second-order valence-corrected chi connectivity index (χ2v) is 6.58. The van der Waals surface area contributed by atoms with Crippen molar-refractivity contribution >= 4 is 17.2 Å². The lowest BCUT2D eigenvalue weighted by molar-refractivity contribution is 0.0709. The molecule has 1 amide bonds. The molecule has 1 fully saturated rings. The lowest BCUT2D eigenvalue weighted by atomic mass is 10.3. The Labute approximate surface area is 136 Å². The highest BCUT2D eigenvalue weighted by atomic mass is 32.1. The van der Waals surface area contributed by atoms with E-state index in [4.69, 9.17) is 0 Å². The summed E-state index contributed by atoms with van der Waals surface area (Å²) in [6.07, 6.45) is 0.891. The van der Waals surface area contributed by atoms with E-state index < -0.39 is 5.82 Å². The van der Waals surface area contributed by atoms with Crippen LogP contribution in [-0.4, -0.2) is 73.0 Å². The van der Waals surface area contributed by atoms with Gasteiger partial charge in [0.05, 0.1) is 0 Å². The summed E-state index contributed by atoms with van der Waals surface area (Å²) in [5.41, 5.74) is 0. The number of nitrogens with zero attached hydrogens (tertiary/aromatic N) is 3. The molecule has 0 aromatic carbocycles. The first-order chi connectivity index (χ1) is 10.7. The number of carbonyl (C=O) groups excluding carboxylic acids is 1. The summed E-state index contributed by atoms with van der Waals surface area (Å²) in [4.78, 5) is 19.3. The highest BCUT2D eigenvalue weighted by molar-refractivity contribution is 7.12. The van der Waals surface area contributed by atoms with Crippen LogP contribution in [-0.2, 0) is 0 Å². The molecule has 0 aliphatic carbocycles. The van der Waals surface area contributed by atoms with Gasteiger partial charge in [0.25, 0.3) is 5.91 Å². The molecule has 2 heterocycles. The van der Waals surface area contributed by atoms with Crippen molar-refractivity contribution in [3.05, 3.63) is 22.1 Å². The number of halogens is 1. The Bertz CT molecular complexity index is 472. The third-order valence-corrected chi connectivity index (χ3v) is 5.07. The molecule has 2 rings (SSSR count). The number of thiophene rings is 1. The molecule has 6 heteroatoms. The van der Waals surface area contributed by atoms with Gasteiger partial charge in [-0.15, -0.1) is 11.3 Å². The van der Waals surface area contributed by atoms with Crippen molar-refractivity contribution in [1.29, 1.82) is 0 Å². The van der Waals surface area contributed by atoms with E-state index in [-0.39, 0.29) is 10.8 Å². The van der Waals surface area contributed by atoms with E-state index in [1.807, 2.05) is 6.92 Å². The number of hydrogen-bond donors (Lipinski definition) is 0. The number of hydrogen-bond acceptors (Lipinski definition) is 4. The fourth-order valence-corrected chi connectivity index (χ4v) is 3.50. The molecular formula is C16H26FN3OS. The Morgan fingerprint density at radius 2 is 1.91 bits per heavy atom. The molecule has 0 spiro atoms. The van der Waals surface area contributed by atoms with Crippen LogP contribution in [0, 0.1) is 5.82 Å². The lowest BCUT2D eigenvalue weighted by Crippen LogP contribution is -2.48. The van der Waals surface area contributed by atoms with E-state index in [1.54, 1.807) is 10.3 Å². The Balaban J connectivity index is 1.87. The van der Waals surface area contributed by atoms with Crippen molar-refractivity contribution in [3.63, 3.8) is 0 Å². The molecule has 1 aromatic heterocycles. The third kappa shape index (κ3) is 4.51. The van der Waals surface area contributed by atoms with Gasteiger partial charge in [-0.3, -0.25) is 9.69 Å². The number of piperazine rings is 1. The van der Waals surface area contributed by atoms with E-state index in [0.717, 1.165) is 45.7 Å². The van der Waals surface area contributed by atoms with Crippen LogP contribution in [0.15, 0.2) is 11.4 Å².